The van der Waals surface area contributed by atoms with Gasteiger partial charge in [0.15, 0.2) is 5.82 Å². The van der Waals surface area contributed by atoms with E-state index in [0.717, 1.165) is 5.56 Å². The third kappa shape index (κ3) is 23.5. The summed E-state index contributed by atoms with van der Waals surface area (Å²) in [6.45, 7) is 10.4. The molecule has 3 aromatic heterocycles. The normalized spacial score (nSPS) is 13.4. The SMILES string of the molecule is COc1ccc(COC(=O)C(Cc2ccccc2OCc2ccnc(-c3ccccc3OC)n2)Oc2ncnc3sc(-c4ccc(F)cc4)c(-c4ccc(OCCN5CC[N+](C)(Cc6ccc(NC(=O)C(CCCNC(N)=O)NC(=O)CNC(=O)OC(C)(C)C)cc6CN(C)C(=O)CCS(=O)(=O)O)CC5)c(Cl)c4C)c23)cc1. The number of benzene rings is 6. The molecular weight excluding hydrogens is 1500 g/mol. The van der Waals surface area contributed by atoms with E-state index in [2.05, 4.69) is 38.2 Å². The van der Waals surface area contributed by atoms with Gasteiger partial charge in [0.1, 0.15) is 84.5 Å². The van der Waals surface area contributed by atoms with Crippen LogP contribution < -0.4 is 50.7 Å². The topological polar surface area (TPSA) is 354 Å². The Balaban J connectivity index is 0.853. The number of nitrogens with zero attached hydrogens (tertiary/aromatic N) is 7. The fraction of sp³-hybridized carbons (Fsp3) is 0.350. The smallest absolute Gasteiger partial charge is 0.408 e. The summed E-state index contributed by atoms with van der Waals surface area (Å²) in [6.07, 6.45) is 0.631. The molecule has 112 heavy (non-hydrogen) atoms. The Morgan fingerprint density at radius 1 is 0.821 bits per heavy atom. The lowest BCUT2D eigenvalue weighted by Crippen LogP contribution is -2.57. The van der Waals surface area contributed by atoms with E-state index in [1.165, 1.54) is 41.7 Å². The van der Waals surface area contributed by atoms with Gasteiger partial charge in [0.05, 0.1) is 61.8 Å². The lowest BCUT2D eigenvalue weighted by molar-refractivity contribution is -0.926. The lowest BCUT2D eigenvalue weighted by Gasteiger charge is -2.42. The zero-order valence-electron chi connectivity index (χ0n) is 63.4. The fourth-order valence-corrected chi connectivity index (χ4v) is 14.3. The van der Waals surface area contributed by atoms with E-state index in [-0.39, 0.29) is 58.1 Å². The van der Waals surface area contributed by atoms with Crippen molar-refractivity contribution >= 4 is 84.8 Å². The lowest BCUT2D eigenvalue weighted by atomic mass is 9.96. The first-order valence-electron chi connectivity index (χ1n) is 36.1. The highest BCUT2D eigenvalue weighted by Crippen LogP contribution is 2.50. The monoisotopic (exact) mass is 1590 g/mol. The van der Waals surface area contributed by atoms with Crippen molar-refractivity contribution in [3.8, 4) is 61.8 Å². The minimum Gasteiger partial charge on any atom is -0.497 e. The first kappa shape index (κ1) is 83.4. The largest absolute Gasteiger partial charge is 0.497 e. The predicted octanol–water partition coefficient (Wildman–Crippen LogP) is 10.9. The molecule has 6 amide bonds. The van der Waals surface area contributed by atoms with E-state index >= 15 is 0 Å². The number of carbonyl (C=O) groups is 6. The summed E-state index contributed by atoms with van der Waals surface area (Å²) in [7, 11) is 2.33. The number of amides is 6. The Bertz CT molecular complexity index is 4950. The average molecular weight is 1600 g/mol. The number of rotatable bonds is 35. The van der Waals surface area contributed by atoms with E-state index in [1.807, 2.05) is 61.5 Å². The number of hydrogen-bond donors (Lipinski definition) is 6. The molecule has 4 heterocycles. The molecule has 7 N–H and O–H groups in total. The van der Waals surface area contributed by atoms with Crippen LogP contribution in [0.3, 0.4) is 0 Å². The Hall–Kier alpha value is -11.1. The number of methoxy groups -OCH3 is 2. The Kier molecular flexibility index (Phi) is 28.5. The molecule has 0 aliphatic carbocycles. The van der Waals surface area contributed by atoms with E-state index < -0.39 is 88.2 Å². The Morgan fingerprint density at radius 3 is 2.27 bits per heavy atom. The van der Waals surface area contributed by atoms with E-state index in [9.17, 15) is 46.1 Å². The molecule has 32 heteroatoms. The van der Waals surface area contributed by atoms with Crippen LogP contribution in [-0.4, -0.2) is 187 Å². The van der Waals surface area contributed by atoms with E-state index in [1.54, 1.807) is 108 Å². The molecule has 1 aliphatic heterocycles. The number of nitrogens with one attached hydrogen (secondary N) is 4. The number of quaternary nitrogens is 1. The van der Waals surface area contributed by atoms with Gasteiger partial charge in [-0.25, -0.2) is 38.7 Å². The highest BCUT2D eigenvalue weighted by atomic mass is 35.5. The standard InChI is InChI=1S/C80H90ClFN12O16S2/c1-50-60(29-30-65(71(50)81)106-40-37-93-35-38-94(6,39-36-93)46-54-23-26-57(42-55(54)45-92(5)68(96)32-41-112(101,102)103)90-74(97)62(16-13-33-85-78(83)99)91-67(95)44-86-79(100)110-80(2,3)4)69-70-75(87-49-88-76(70)111-72(69)52-21-24-56(82)25-22-52)109-66(77(98)108-47-51-19-27-59(104-7)28-20-51)43-53-14-9-11-17-63(53)107-48-58-31-34-84-73(89-58)61-15-10-12-18-64(61)105-8/h9-12,14-15,17-31,34,42,49,62,66H,13,16,32-33,35-41,43-48H2,1-8H3,(H6-,83,85,86,90,91,95,97,99,100,101,102,103)/p+1. The average Bonchev–Trinajstić information content (AvgIpc) is 1.58. The van der Waals surface area contributed by atoms with Crippen LogP contribution in [0, 0.1) is 12.7 Å². The molecule has 1 aliphatic rings. The number of anilines is 1. The number of hydrogen-bond acceptors (Lipinski definition) is 21. The summed E-state index contributed by atoms with van der Waals surface area (Å²) < 4.78 is 90.2. The maximum Gasteiger partial charge on any atom is 0.408 e. The van der Waals surface area contributed by atoms with Gasteiger partial charge in [0, 0.05) is 80.5 Å². The molecule has 10 rings (SSSR count). The van der Waals surface area contributed by atoms with Crippen LogP contribution >= 0.6 is 22.9 Å². The third-order valence-electron chi connectivity index (χ3n) is 18.5. The summed E-state index contributed by atoms with van der Waals surface area (Å²) in [6, 6.07) is 36.8. The predicted molar refractivity (Wildman–Crippen MR) is 421 cm³/mol. The summed E-state index contributed by atoms with van der Waals surface area (Å²) in [5.41, 5.74) is 11.4. The Labute approximate surface area is 657 Å². The van der Waals surface area contributed by atoms with Crippen molar-refractivity contribution in [2.75, 3.05) is 91.8 Å². The summed E-state index contributed by atoms with van der Waals surface area (Å²) in [5, 5.41) is 11.1. The van der Waals surface area contributed by atoms with E-state index in [0.29, 0.717) is 149 Å². The van der Waals surface area contributed by atoms with Crippen LogP contribution in [0.2, 0.25) is 5.02 Å². The highest BCUT2D eigenvalue weighted by molar-refractivity contribution is 7.85. The number of urea groups is 1. The highest BCUT2D eigenvalue weighted by Gasteiger charge is 2.34. The summed E-state index contributed by atoms with van der Waals surface area (Å²) >= 11 is 8.70. The number of para-hydroxylation sites is 2. The van der Waals surface area contributed by atoms with Crippen LogP contribution in [0.4, 0.5) is 19.7 Å². The minimum absolute atomic E-state index is 0.00451. The second-order valence-electron chi connectivity index (χ2n) is 28.0. The molecule has 0 radical (unpaired) electrons. The zero-order valence-corrected chi connectivity index (χ0v) is 65.8. The number of aromatic nitrogens is 4. The number of halogens is 2. The summed E-state index contributed by atoms with van der Waals surface area (Å²) in [4.78, 5) is 103. The van der Waals surface area contributed by atoms with Crippen molar-refractivity contribution < 1.29 is 83.8 Å². The molecule has 28 nitrogen and oxygen atoms in total. The number of thiophene rings is 1. The number of carbonyl (C=O) groups excluding carboxylic acids is 6. The van der Waals surface area contributed by atoms with E-state index in [4.69, 9.17) is 65.4 Å². The number of alkyl carbamates (subject to hydrolysis) is 1. The molecule has 592 valence electrons. The van der Waals surface area contributed by atoms with Gasteiger partial charge in [-0.2, -0.15) is 8.42 Å². The minimum atomic E-state index is -4.45. The maximum atomic E-state index is 14.8. The second kappa shape index (κ2) is 38.2. The number of primary amides is 1. The molecule has 9 aromatic rings. The van der Waals surface area contributed by atoms with Crippen molar-refractivity contribution in [1.82, 2.24) is 45.7 Å². The molecule has 1 saturated heterocycles. The summed E-state index contributed by atoms with van der Waals surface area (Å²) in [5.74, 6) is -1.12. The third-order valence-corrected chi connectivity index (χ3v) is 20.8. The molecule has 0 bridgehead atoms. The van der Waals surface area contributed by atoms with Gasteiger partial charge in [-0.1, -0.05) is 78.3 Å². The van der Waals surface area contributed by atoms with Gasteiger partial charge in [-0.3, -0.25) is 23.8 Å². The number of esters is 1. The van der Waals surface area contributed by atoms with Gasteiger partial charge in [0.2, 0.25) is 29.7 Å². The molecule has 6 aromatic carbocycles. The molecule has 0 spiro atoms. The molecule has 1 fully saturated rings. The van der Waals surface area contributed by atoms with Gasteiger partial charge >= 0.3 is 18.1 Å². The number of likely N-dealkylation sites (N-methyl/N-ethyl adjacent to an activating group) is 1. The number of fused-ring (bicyclic) bond motifs is 1. The van der Waals surface area contributed by atoms with Crippen LogP contribution in [0.25, 0.3) is 43.2 Å². The van der Waals surface area contributed by atoms with Gasteiger partial charge in [0.25, 0.3) is 10.1 Å². The van der Waals surface area contributed by atoms with Crippen LogP contribution in [0.1, 0.15) is 73.5 Å². The van der Waals surface area contributed by atoms with Crippen LogP contribution in [0.5, 0.6) is 28.9 Å². The van der Waals surface area contributed by atoms with Crippen molar-refractivity contribution in [3.05, 3.63) is 190 Å². The van der Waals surface area contributed by atoms with Crippen molar-refractivity contribution in [3.63, 3.8) is 0 Å². The number of nitrogens with two attached hydrogens (primary N) is 1. The number of ether oxygens (including phenoxy) is 7. The van der Waals surface area contributed by atoms with Gasteiger partial charge in [-0.05, 0) is 141 Å². The molecule has 2 atom stereocenters. The van der Waals surface area contributed by atoms with Crippen molar-refractivity contribution in [2.45, 2.75) is 97.4 Å². The zero-order chi connectivity index (χ0) is 80.3. The number of piperazine rings is 1. The first-order valence-corrected chi connectivity index (χ1v) is 38.9. The molecule has 0 saturated carbocycles. The van der Waals surface area contributed by atoms with Crippen molar-refractivity contribution in [1.29, 1.82) is 0 Å². The fourth-order valence-electron chi connectivity index (χ4n) is 12.5. The van der Waals surface area contributed by atoms with Crippen LogP contribution in [0.15, 0.2) is 146 Å². The first-order chi connectivity index (χ1) is 53.5. The molecule has 2 unspecified atom stereocenters. The second-order valence-corrected chi connectivity index (χ2v) is 31.0. The van der Waals surface area contributed by atoms with Gasteiger partial charge in [-0.15, -0.1) is 11.3 Å². The Morgan fingerprint density at radius 2 is 1.55 bits per heavy atom. The van der Waals surface area contributed by atoms with Gasteiger partial charge < -0.3 is 69.5 Å². The van der Waals surface area contributed by atoms with Crippen LogP contribution in [-0.2, 0) is 71.5 Å². The maximum absolute atomic E-state index is 14.8. The molecular formula is C80H91ClFN12O16S2+. The van der Waals surface area contributed by atoms with Crippen molar-refractivity contribution in [2.24, 2.45) is 5.73 Å². The quantitative estimate of drug-likeness (QED) is 0.00930.